The fourth-order valence-electron chi connectivity index (χ4n) is 5.31. The number of ether oxygens (including phenoxy) is 1. The van der Waals surface area contributed by atoms with Gasteiger partial charge in [0.1, 0.15) is 23.0 Å². The van der Waals surface area contributed by atoms with Gasteiger partial charge in [0.15, 0.2) is 0 Å². The van der Waals surface area contributed by atoms with E-state index in [2.05, 4.69) is 40.2 Å². The van der Waals surface area contributed by atoms with Gasteiger partial charge in [-0.05, 0) is 73.4 Å². The molecule has 0 radical (unpaired) electrons. The largest absolute Gasteiger partial charge is 0.457 e. The monoisotopic (exact) mass is 525 g/mol. The number of para-hydroxylation sites is 1. The molecule has 1 saturated heterocycles. The normalized spacial score (nSPS) is 15.0. The minimum absolute atomic E-state index is 0.116. The SMILES string of the molecule is Cc1ncc(-c2ccc(Oc3ccccc3)cc2)cc1C(=O)c1cccc(N2CCCC(c3ccccc3)C2)n1. The first kappa shape index (κ1) is 25.5. The average molecular weight is 526 g/mol. The average Bonchev–Trinajstić information content (AvgIpc) is 3.02. The summed E-state index contributed by atoms with van der Waals surface area (Å²) in [6.07, 6.45) is 4.07. The highest BCUT2D eigenvalue weighted by atomic mass is 16.5. The Labute approximate surface area is 235 Å². The van der Waals surface area contributed by atoms with Crippen LogP contribution in [-0.4, -0.2) is 28.8 Å². The first-order chi connectivity index (χ1) is 19.6. The van der Waals surface area contributed by atoms with Gasteiger partial charge in [-0.25, -0.2) is 4.98 Å². The lowest BCUT2D eigenvalue weighted by Crippen LogP contribution is -2.35. The highest BCUT2D eigenvalue weighted by molar-refractivity contribution is 6.09. The van der Waals surface area contributed by atoms with Gasteiger partial charge in [-0.1, -0.05) is 66.7 Å². The van der Waals surface area contributed by atoms with Crippen molar-refractivity contribution in [3.05, 3.63) is 138 Å². The summed E-state index contributed by atoms with van der Waals surface area (Å²) >= 11 is 0. The molecule has 0 spiro atoms. The highest BCUT2D eigenvalue weighted by Gasteiger charge is 2.23. The number of nitrogens with zero attached hydrogens (tertiary/aromatic N) is 3. The van der Waals surface area contributed by atoms with E-state index in [1.165, 1.54) is 5.56 Å². The van der Waals surface area contributed by atoms with Crippen molar-refractivity contribution in [1.29, 1.82) is 0 Å². The molecule has 5 heteroatoms. The summed E-state index contributed by atoms with van der Waals surface area (Å²) in [4.78, 5) is 25.4. The van der Waals surface area contributed by atoms with Crippen LogP contribution >= 0.6 is 0 Å². The van der Waals surface area contributed by atoms with Crippen molar-refractivity contribution in [2.75, 3.05) is 18.0 Å². The maximum absolute atomic E-state index is 13.7. The van der Waals surface area contributed by atoms with Gasteiger partial charge in [0.25, 0.3) is 0 Å². The van der Waals surface area contributed by atoms with E-state index in [-0.39, 0.29) is 5.78 Å². The van der Waals surface area contributed by atoms with E-state index in [0.717, 1.165) is 54.4 Å². The Morgan fingerprint density at radius 1 is 0.825 bits per heavy atom. The summed E-state index contributed by atoms with van der Waals surface area (Å²) in [5, 5.41) is 0. The number of piperidine rings is 1. The summed E-state index contributed by atoms with van der Waals surface area (Å²) in [6, 6.07) is 35.8. The van der Waals surface area contributed by atoms with Gasteiger partial charge < -0.3 is 9.64 Å². The second-order valence-electron chi connectivity index (χ2n) is 10.2. The molecule has 6 rings (SSSR count). The second kappa shape index (κ2) is 11.5. The number of carbonyl (C=O) groups excluding carboxylic acids is 1. The van der Waals surface area contributed by atoms with Crippen LogP contribution in [0.4, 0.5) is 5.82 Å². The Hall–Kier alpha value is -4.77. The number of rotatable bonds is 7. The number of hydrogen-bond acceptors (Lipinski definition) is 5. The third-order valence-corrected chi connectivity index (χ3v) is 7.48. The maximum Gasteiger partial charge on any atom is 0.213 e. The quantitative estimate of drug-likeness (QED) is 0.203. The Balaban J connectivity index is 1.21. The van der Waals surface area contributed by atoms with Crippen LogP contribution in [0.25, 0.3) is 11.1 Å². The molecular formula is C35H31N3O2. The van der Waals surface area contributed by atoms with Crippen molar-refractivity contribution in [3.8, 4) is 22.6 Å². The van der Waals surface area contributed by atoms with Crippen molar-refractivity contribution in [3.63, 3.8) is 0 Å². The first-order valence-corrected chi connectivity index (χ1v) is 13.8. The molecule has 3 heterocycles. The third-order valence-electron chi connectivity index (χ3n) is 7.48. The van der Waals surface area contributed by atoms with Gasteiger partial charge in [0, 0.05) is 42.0 Å². The number of ketones is 1. The second-order valence-corrected chi connectivity index (χ2v) is 10.2. The number of carbonyl (C=O) groups is 1. The minimum Gasteiger partial charge on any atom is -0.457 e. The van der Waals surface area contributed by atoms with Crippen molar-refractivity contribution >= 4 is 11.6 Å². The summed E-state index contributed by atoms with van der Waals surface area (Å²) in [6.45, 7) is 3.70. The Morgan fingerprint density at radius 3 is 2.33 bits per heavy atom. The Morgan fingerprint density at radius 2 is 1.55 bits per heavy atom. The van der Waals surface area contributed by atoms with Gasteiger partial charge in [-0.2, -0.15) is 0 Å². The number of hydrogen-bond donors (Lipinski definition) is 0. The van der Waals surface area contributed by atoms with Crippen LogP contribution in [0.3, 0.4) is 0 Å². The zero-order valence-electron chi connectivity index (χ0n) is 22.5. The molecule has 40 heavy (non-hydrogen) atoms. The maximum atomic E-state index is 13.7. The molecule has 0 aliphatic carbocycles. The molecule has 1 atom stereocenters. The van der Waals surface area contributed by atoms with E-state index in [9.17, 15) is 4.79 Å². The topological polar surface area (TPSA) is 55.3 Å². The smallest absolute Gasteiger partial charge is 0.213 e. The number of benzene rings is 3. The lowest BCUT2D eigenvalue weighted by molar-refractivity contribution is 0.103. The van der Waals surface area contributed by atoms with Crippen LogP contribution in [0.5, 0.6) is 11.5 Å². The van der Waals surface area contributed by atoms with Crippen molar-refractivity contribution in [1.82, 2.24) is 9.97 Å². The van der Waals surface area contributed by atoms with Crippen LogP contribution in [0.15, 0.2) is 115 Å². The van der Waals surface area contributed by atoms with E-state index < -0.39 is 0 Å². The standard InChI is InChI=1S/C35H31N3O2/c1-25-32(22-29(23-36-25)27-17-19-31(20-18-27)40-30-13-6-3-7-14-30)35(39)33-15-8-16-34(37-33)38-21-9-12-28(24-38)26-10-4-2-5-11-26/h2-8,10-11,13-20,22-23,28H,9,12,21,24H2,1H3. The zero-order chi connectivity index (χ0) is 27.3. The molecule has 198 valence electrons. The molecule has 5 nitrogen and oxygen atoms in total. The van der Waals surface area contributed by atoms with Crippen LogP contribution in [0.2, 0.25) is 0 Å². The summed E-state index contributed by atoms with van der Waals surface area (Å²) < 4.78 is 5.92. The predicted octanol–water partition coefficient (Wildman–Crippen LogP) is 7.86. The summed E-state index contributed by atoms with van der Waals surface area (Å²) in [5.41, 5.74) is 4.88. The number of aryl methyl sites for hydroxylation is 1. The zero-order valence-corrected chi connectivity index (χ0v) is 22.5. The molecule has 5 aromatic rings. The number of aromatic nitrogens is 2. The van der Waals surface area contributed by atoms with Gasteiger partial charge in [-0.3, -0.25) is 9.78 Å². The van der Waals surface area contributed by atoms with E-state index in [0.29, 0.717) is 22.9 Å². The lowest BCUT2D eigenvalue weighted by atomic mass is 9.90. The fourth-order valence-corrected chi connectivity index (χ4v) is 5.31. The summed E-state index contributed by atoms with van der Waals surface area (Å²) in [5.74, 6) is 2.73. The number of pyridine rings is 2. The molecule has 2 aromatic heterocycles. The van der Waals surface area contributed by atoms with Crippen molar-refractivity contribution < 1.29 is 9.53 Å². The molecule has 0 N–H and O–H groups in total. The molecule has 1 aliphatic heterocycles. The molecular weight excluding hydrogens is 494 g/mol. The molecule has 1 unspecified atom stereocenters. The van der Waals surface area contributed by atoms with Gasteiger partial charge in [-0.15, -0.1) is 0 Å². The summed E-state index contributed by atoms with van der Waals surface area (Å²) in [7, 11) is 0. The van der Waals surface area contributed by atoms with E-state index in [4.69, 9.17) is 9.72 Å². The molecule has 1 aliphatic rings. The van der Waals surface area contributed by atoms with Gasteiger partial charge in [0.05, 0.1) is 0 Å². The van der Waals surface area contributed by atoms with Gasteiger partial charge in [0.2, 0.25) is 5.78 Å². The molecule has 0 saturated carbocycles. The van der Waals surface area contributed by atoms with Crippen molar-refractivity contribution in [2.24, 2.45) is 0 Å². The van der Waals surface area contributed by atoms with Gasteiger partial charge >= 0.3 is 0 Å². The highest BCUT2D eigenvalue weighted by Crippen LogP contribution is 2.30. The van der Waals surface area contributed by atoms with E-state index in [1.54, 1.807) is 12.3 Å². The minimum atomic E-state index is -0.116. The molecule has 0 bridgehead atoms. The first-order valence-electron chi connectivity index (χ1n) is 13.8. The van der Waals surface area contributed by atoms with E-state index in [1.807, 2.05) is 79.7 Å². The number of anilines is 1. The lowest BCUT2D eigenvalue weighted by Gasteiger charge is -2.34. The van der Waals surface area contributed by atoms with Crippen LogP contribution < -0.4 is 9.64 Å². The van der Waals surface area contributed by atoms with Crippen LogP contribution in [0, 0.1) is 6.92 Å². The molecule has 1 fully saturated rings. The third kappa shape index (κ3) is 5.64. The van der Waals surface area contributed by atoms with Crippen LogP contribution in [0.1, 0.15) is 46.1 Å². The van der Waals surface area contributed by atoms with E-state index >= 15 is 0 Å². The predicted molar refractivity (Wildman–Crippen MR) is 159 cm³/mol. The molecule has 3 aromatic carbocycles. The van der Waals surface area contributed by atoms with Crippen LogP contribution in [-0.2, 0) is 0 Å². The Bertz CT molecular complexity index is 1600. The molecule has 0 amide bonds. The fraction of sp³-hybridized carbons (Fsp3) is 0.171. The Kier molecular flexibility index (Phi) is 7.36. The van der Waals surface area contributed by atoms with Crippen molar-refractivity contribution in [2.45, 2.75) is 25.7 Å².